The fourth-order valence-corrected chi connectivity index (χ4v) is 2.42. The second-order valence-electron chi connectivity index (χ2n) is 3.72. The molecule has 20 heavy (non-hydrogen) atoms. The van der Waals surface area contributed by atoms with Gasteiger partial charge in [-0.2, -0.15) is 8.78 Å². The van der Waals surface area contributed by atoms with Crippen LogP contribution in [0.1, 0.15) is 6.92 Å². The molecule has 9 heteroatoms. The third kappa shape index (κ3) is 4.99. The van der Waals surface area contributed by atoms with Gasteiger partial charge in [-0.05, 0) is 24.7 Å². The smallest absolute Gasteiger partial charge is 0.387 e. The molecular weight excluding hydrogens is 297 g/mol. The number of likely N-dealkylation sites (N-methyl/N-ethyl adjacent to an activating group) is 1. The summed E-state index contributed by atoms with van der Waals surface area (Å²) in [4.78, 5) is -0.354. The van der Waals surface area contributed by atoms with Gasteiger partial charge in [-0.3, -0.25) is 0 Å². The monoisotopic (exact) mass is 312 g/mol. The summed E-state index contributed by atoms with van der Waals surface area (Å²) in [6.45, 7) is -0.0651. The summed E-state index contributed by atoms with van der Waals surface area (Å²) in [5, 5.41) is 2.91. The summed E-state index contributed by atoms with van der Waals surface area (Å²) in [5.41, 5.74) is 0. The van der Waals surface area contributed by atoms with Crippen molar-refractivity contribution in [2.45, 2.75) is 18.4 Å². The first-order chi connectivity index (χ1) is 9.36. The molecule has 0 spiro atoms. The topological polar surface area (TPSA) is 67.4 Å². The van der Waals surface area contributed by atoms with Crippen LogP contribution in [0.5, 0.6) is 5.75 Å². The van der Waals surface area contributed by atoms with Crippen molar-refractivity contribution in [2.75, 3.05) is 19.6 Å². The molecule has 0 aromatic heterocycles. The van der Waals surface area contributed by atoms with Gasteiger partial charge in [0.1, 0.15) is 0 Å². The molecule has 2 N–H and O–H groups in total. The van der Waals surface area contributed by atoms with Gasteiger partial charge >= 0.3 is 6.61 Å². The van der Waals surface area contributed by atoms with Crippen LogP contribution < -0.4 is 14.8 Å². The summed E-state index contributed by atoms with van der Waals surface area (Å²) >= 11 is 0. The van der Waals surface area contributed by atoms with E-state index in [1.807, 2.05) is 6.92 Å². The molecular formula is C11H15F3N2O3S. The number of hydrogen-bond donors (Lipinski definition) is 2. The summed E-state index contributed by atoms with van der Waals surface area (Å²) < 4.78 is 67.0. The predicted octanol–water partition coefficient (Wildman–Crippen LogP) is 1.31. The number of ether oxygens (including phenoxy) is 1. The molecule has 114 valence electrons. The highest BCUT2D eigenvalue weighted by atomic mass is 32.2. The van der Waals surface area contributed by atoms with E-state index in [2.05, 4.69) is 14.8 Å². The van der Waals surface area contributed by atoms with Crippen LogP contribution in [-0.4, -0.2) is 34.7 Å². The Morgan fingerprint density at radius 3 is 2.55 bits per heavy atom. The van der Waals surface area contributed by atoms with Crippen molar-refractivity contribution in [3.05, 3.63) is 24.0 Å². The summed E-state index contributed by atoms with van der Waals surface area (Å²) in [7, 11) is -3.88. The highest BCUT2D eigenvalue weighted by Crippen LogP contribution is 2.22. The first kappa shape index (κ1) is 16.7. The molecule has 0 saturated heterocycles. The highest BCUT2D eigenvalue weighted by Gasteiger charge is 2.17. The van der Waals surface area contributed by atoms with E-state index in [0.29, 0.717) is 19.2 Å². The zero-order valence-corrected chi connectivity index (χ0v) is 11.5. The lowest BCUT2D eigenvalue weighted by atomic mass is 10.3. The van der Waals surface area contributed by atoms with Gasteiger partial charge in [0, 0.05) is 13.1 Å². The second kappa shape index (κ2) is 7.46. The van der Waals surface area contributed by atoms with Crippen molar-refractivity contribution in [2.24, 2.45) is 0 Å². The molecule has 0 heterocycles. The van der Waals surface area contributed by atoms with E-state index in [1.165, 1.54) is 0 Å². The Labute approximate surface area is 115 Å². The summed E-state index contributed by atoms with van der Waals surface area (Å²) in [6, 6.07) is 2.48. The van der Waals surface area contributed by atoms with Crippen LogP contribution in [0.3, 0.4) is 0 Å². The molecule has 0 aliphatic heterocycles. The van der Waals surface area contributed by atoms with Gasteiger partial charge < -0.3 is 10.1 Å². The Morgan fingerprint density at radius 2 is 2.00 bits per heavy atom. The summed E-state index contributed by atoms with van der Waals surface area (Å²) in [5.74, 6) is -1.87. The molecule has 0 unspecified atom stereocenters. The first-order valence-corrected chi connectivity index (χ1v) is 7.30. The number of halogens is 3. The summed E-state index contributed by atoms with van der Waals surface area (Å²) in [6.07, 6.45) is 0. The lowest BCUT2D eigenvalue weighted by Gasteiger charge is -2.09. The normalized spacial score (nSPS) is 11.8. The standard InChI is InChI=1S/C11H15F3N2O3S/c1-2-15-5-6-16-20(17,18)8-3-4-10(9(12)7-8)19-11(13)14/h3-4,7,11,15-16H,2,5-6H2,1H3. The van der Waals surface area contributed by atoms with Crippen LogP contribution in [0.15, 0.2) is 23.1 Å². The number of nitrogens with one attached hydrogen (secondary N) is 2. The average Bonchev–Trinajstić information content (AvgIpc) is 2.36. The Hall–Kier alpha value is -1.32. The first-order valence-electron chi connectivity index (χ1n) is 5.81. The Balaban J connectivity index is 2.78. The van der Waals surface area contributed by atoms with E-state index in [0.717, 1.165) is 12.1 Å². The quantitative estimate of drug-likeness (QED) is 0.710. The van der Waals surface area contributed by atoms with E-state index < -0.39 is 28.2 Å². The molecule has 0 saturated carbocycles. The molecule has 0 bridgehead atoms. The van der Waals surface area contributed by atoms with E-state index in [4.69, 9.17) is 0 Å². The van der Waals surface area contributed by atoms with E-state index in [1.54, 1.807) is 0 Å². The molecule has 0 aliphatic carbocycles. The van der Waals surface area contributed by atoms with Crippen LogP contribution in [0.4, 0.5) is 13.2 Å². The van der Waals surface area contributed by atoms with E-state index >= 15 is 0 Å². The molecule has 1 aromatic rings. The third-order valence-electron chi connectivity index (χ3n) is 2.27. The average molecular weight is 312 g/mol. The minimum atomic E-state index is -3.88. The molecule has 0 aliphatic rings. The molecule has 1 aromatic carbocycles. The fourth-order valence-electron chi connectivity index (χ4n) is 1.37. The van der Waals surface area contributed by atoms with Gasteiger partial charge in [-0.1, -0.05) is 6.92 Å². The van der Waals surface area contributed by atoms with Gasteiger partial charge in [-0.25, -0.2) is 17.5 Å². The Kier molecular flexibility index (Phi) is 6.24. The van der Waals surface area contributed by atoms with Gasteiger partial charge in [0.05, 0.1) is 4.90 Å². The molecule has 0 atom stereocenters. The maximum Gasteiger partial charge on any atom is 0.387 e. The number of hydrogen-bond acceptors (Lipinski definition) is 4. The Bertz CT molecular complexity index is 538. The predicted molar refractivity (Wildman–Crippen MR) is 66.8 cm³/mol. The molecule has 0 amide bonds. The number of benzene rings is 1. The number of rotatable bonds is 8. The van der Waals surface area contributed by atoms with Crippen molar-refractivity contribution in [1.29, 1.82) is 0 Å². The van der Waals surface area contributed by atoms with E-state index in [9.17, 15) is 21.6 Å². The van der Waals surface area contributed by atoms with Crippen molar-refractivity contribution in [1.82, 2.24) is 10.0 Å². The third-order valence-corrected chi connectivity index (χ3v) is 3.73. The maximum atomic E-state index is 13.4. The van der Waals surface area contributed by atoms with Crippen LogP contribution in [0.25, 0.3) is 0 Å². The van der Waals surface area contributed by atoms with Crippen LogP contribution in [-0.2, 0) is 10.0 Å². The lowest BCUT2D eigenvalue weighted by Crippen LogP contribution is -2.31. The van der Waals surface area contributed by atoms with Crippen LogP contribution >= 0.6 is 0 Å². The van der Waals surface area contributed by atoms with Gasteiger partial charge in [-0.15, -0.1) is 0 Å². The van der Waals surface area contributed by atoms with Crippen molar-refractivity contribution < 1.29 is 26.3 Å². The van der Waals surface area contributed by atoms with E-state index in [-0.39, 0.29) is 11.4 Å². The maximum absolute atomic E-state index is 13.4. The van der Waals surface area contributed by atoms with Crippen molar-refractivity contribution in [3.63, 3.8) is 0 Å². The van der Waals surface area contributed by atoms with Gasteiger partial charge in [0.25, 0.3) is 0 Å². The lowest BCUT2D eigenvalue weighted by molar-refractivity contribution is -0.0522. The highest BCUT2D eigenvalue weighted by molar-refractivity contribution is 7.89. The molecule has 5 nitrogen and oxygen atoms in total. The largest absolute Gasteiger partial charge is 0.432 e. The minimum absolute atomic E-state index is 0.132. The van der Waals surface area contributed by atoms with Crippen LogP contribution in [0.2, 0.25) is 0 Å². The van der Waals surface area contributed by atoms with Crippen molar-refractivity contribution in [3.8, 4) is 5.75 Å². The minimum Gasteiger partial charge on any atom is -0.432 e. The number of alkyl halides is 2. The molecule has 0 radical (unpaired) electrons. The second-order valence-corrected chi connectivity index (χ2v) is 5.49. The fraction of sp³-hybridized carbons (Fsp3) is 0.455. The van der Waals surface area contributed by atoms with Crippen LogP contribution in [0, 0.1) is 5.82 Å². The zero-order chi connectivity index (χ0) is 15.2. The molecule has 0 fully saturated rings. The van der Waals surface area contributed by atoms with Crippen molar-refractivity contribution >= 4 is 10.0 Å². The zero-order valence-electron chi connectivity index (χ0n) is 10.7. The molecule has 1 rings (SSSR count). The Morgan fingerprint density at radius 1 is 1.30 bits per heavy atom. The van der Waals surface area contributed by atoms with Gasteiger partial charge in [0.15, 0.2) is 11.6 Å². The van der Waals surface area contributed by atoms with Gasteiger partial charge in [0.2, 0.25) is 10.0 Å². The SMILES string of the molecule is CCNCCNS(=O)(=O)c1ccc(OC(F)F)c(F)c1. The number of sulfonamides is 1.